The lowest BCUT2D eigenvalue weighted by Crippen LogP contribution is -2.29. The Morgan fingerprint density at radius 1 is 1.19 bits per heavy atom. The van der Waals surface area contributed by atoms with Crippen LogP contribution in [0, 0.1) is 13.8 Å². The topological polar surface area (TPSA) is 99.2 Å². The number of hydrogen-bond acceptors (Lipinski definition) is 5. The van der Waals surface area contributed by atoms with Crippen LogP contribution in [0.15, 0.2) is 48.3 Å². The molecule has 1 aromatic carbocycles. The largest absolute Gasteiger partial charge is 0.507 e. The van der Waals surface area contributed by atoms with Crippen LogP contribution in [-0.2, 0) is 16.1 Å². The Bertz CT molecular complexity index is 1200. The minimum absolute atomic E-state index is 0.0279. The van der Waals surface area contributed by atoms with Gasteiger partial charge in [-0.05, 0) is 43.2 Å². The molecule has 3 heterocycles. The Labute approximate surface area is 188 Å². The smallest absolute Gasteiger partial charge is 0.295 e. The number of H-pyrrole nitrogens is 1. The van der Waals surface area contributed by atoms with Crippen molar-refractivity contribution in [2.24, 2.45) is 0 Å². The molecule has 1 saturated heterocycles. The summed E-state index contributed by atoms with van der Waals surface area (Å²) in [7, 11) is 0. The summed E-state index contributed by atoms with van der Waals surface area (Å²) >= 11 is 12.3. The van der Waals surface area contributed by atoms with Crippen molar-refractivity contribution in [3.05, 3.63) is 86.4 Å². The molecule has 3 aromatic rings. The number of ketones is 1. The molecule has 0 radical (unpaired) electrons. The second-order valence-corrected chi connectivity index (χ2v) is 8.09. The van der Waals surface area contributed by atoms with E-state index in [-0.39, 0.29) is 22.9 Å². The van der Waals surface area contributed by atoms with E-state index in [1.165, 1.54) is 4.90 Å². The number of carbonyl (C=O) groups excluding carboxylic acids is 2. The highest BCUT2D eigenvalue weighted by Gasteiger charge is 2.46. The van der Waals surface area contributed by atoms with Gasteiger partial charge in [-0.1, -0.05) is 35.3 Å². The average molecular weight is 457 g/mol. The summed E-state index contributed by atoms with van der Waals surface area (Å²) in [6, 6.07) is 7.57. The van der Waals surface area contributed by atoms with Crippen LogP contribution < -0.4 is 0 Å². The number of benzene rings is 1. The van der Waals surface area contributed by atoms with Crippen LogP contribution >= 0.6 is 23.2 Å². The molecule has 0 saturated carbocycles. The molecule has 2 aromatic heterocycles. The quantitative estimate of drug-likeness (QED) is 0.345. The number of pyridine rings is 1. The summed E-state index contributed by atoms with van der Waals surface area (Å²) in [6.45, 7) is 3.57. The molecular weight excluding hydrogens is 439 g/mol. The summed E-state index contributed by atoms with van der Waals surface area (Å²) in [5, 5.41) is 18.6. The first-order valence-electron chi connectivity index (χ1n) is 9.43. The molecule has 0 bridgehead atoms. The first kappa shape index (κ1) is 21.1. The average Bonchev–Trinajstić information content (AvgIpc) is 3.21. The summed E-state index contributed by atoms with van der Waals surface area (Å²) in [5.41, 5.74) is 2.76. The lowest BCUT2D eigenvalue weighted by molar-refractivity contribution is -0.140. The van der Waals surface area contributed by atoms with Gasteiger partial charge in [0.05, 0.1) is 32.9 Å². The van der Waals surface area contributed by atoms with Crippen LogP contribution in [-0.4, -0.2) is 36.9 Å². The molecule has 1 aliphatic rings. The molecule has 7 nitrogen and oxygen atoms in total. The molecule has 4 rings (SSSR count). The number of aryl methyl sites for hydroxylation is 2. The number of amides is 1. The molecule has 0 spiro atoms. The first-order chi connectivity index (χ1) is 14.8. The summed E-state index contributed by atoms with van der Waals surface area (Å²) < 4.78 is 0. The zero-order valence-corrected chi connectivity index (χ0v) is 18.2. The van der Waals surface area contributed by atoms with E-state index in [2.05, 4.69) is 15.2 Å². The van der Waals surface area contributed by atoms with Gasteiger partial charge in [0.2, 0.25) is 0 Å². The van der Waals surface area contributed by atoms with Crippen molar-refractivity contribution in [2.75, 3.05) is 0 Å². The van der Waals surface area contributed by atoms with Gasteiger partial charge < -0.3 is 10.0 Å². The molecule has 31 heavy (non-hydrogen) atoms. The number of aromatic amines is 1. The van der Waals surface area contributed by atoms with Crippen molar-refractivity contribution in [3.63, 3.8) is 0 Å². The van der Waals surface area contributed by atoms with Gasteiger partial charge in [-0.15, -0.1) is 0 Å². The van der Waals surface area contributed by atoms with E-state index in [4.69, 9.17) is 23.2 Å². The maximum atomic E-state index is 13.1. The number of halogens is 2. The second-order valence-electron chi connectivity index (χ2n) is 7.27. The van der Waals surface area contributed by atoms with Crippen molar-refractivity contribution in [1.29, 1.82) is 0 Å². The van der Waals surface area contributed by atoms with Crippen molar-refractivity contribution >= 4 is 40.7 Å². The second kappa shape index (κ2) is 8.17. The first-order valence-corrected chi connectivity index (χ1v) is 10.2. The molecular formula is C22H18Cl2N4O3. The normalized spacial score (nSPS) is 18.1. The molecule has 0 aliphatic carbocycles. The standard InChI is InChI=1S/C22H18Cl2N4O3/c1-11-17(12(2)27-26-11)20(29)18-19(14-5-6-15(23)16(24)8-14)28(22(31)21(18)30)10-13-4-3-7-25-9-13/h3-9,19,29H,10H2,1-2H3,(H,26,27). The van der Waals surface area contributed by atoms with E-state index in [1.54, 1.807) is 50.5 Å². The van der Waals surface area contributed by atoms with E-state index in [0.717, 1.165) is 5.56 Å². The van der Waals surface area contributed by atoms with Gasteiger partial charge in [0.1, 0.15) is 5.76 Å². The summed E-state index contributed by atoms with van der Waals surface area (Å²) in [6.07, 6.45) is 3.24. The molecule has 1 unspecified atom stereocenters. The van der Waals surface area contributed by atoms with E-state index < -0.39 is 17.7 Å². The number of nitrogens with zero attached hydrogens (tertiary/aromatic N) is 3. The SMILES string of the molecule is Cc1n[nH]c(C)c1C(O)=C1C(=O)C(=O)N(Cc2cccnc2)C1c1ccc(Cl)c(Cl)c1. The number of aliphatic hydroxyl groups excluding tert-OH is 1. The van der Waals surface area contributed by atoms with E-state index >= 15 is 0 Å². The van der Waals surface area contributed by atoms with E-state index in [1.807, 2.05) is 6.07 Å². The molecule has 1 amide bonds. The van der Waals surface area contributed by atoms with Crippen LogP contribution in [0.3, 0.4) is 0 Å². The third-order valence-electron chi connectivity index (χ3n) is 5.24. The molecule has 1 atom stereocenters. The van der Waals surface area contributed by atoms with Crippen molar-refractivity contribution in [3.8, 4) is 0 Å². The highest BCUT2D eigenvalue weighted by atomic mass is 35.5. The predicted molar refractivity (Wildman–Crippen MR) is 117 cm³/mol. The maximum Gasteiger partial charge on any atom is 0.295 e. The molecule has 2 N–H and O–H groups in total. The number of nitrogens with one attached hydrogen (secondary N) is 1. The fourth-order valence-corrected chi connectivity index (χ4v) is 4.10. The third kappa shape index (κ3) is 3.71. The van der Waals surface area contributed by atoms with Crippen molar-refractivity contribution in [2.45, 2.75) is 26.4 Å². The summed E-state index contributed by atoms with van der Waals surface area (Å²) in [5.74, 6) is -1.79. The van der Waals surface area contributed by atoms with Crippen LogP contribution in [0.5, 0.6) is 0 Å². The zero-order chi connectivity index (χ0) is 22.3. The van der Waals surface area contributed by atoms with E-state index in [0.29, 0.717) is 27.5 Å². The zero-order valence-electron chi connectivity index (χ0n) is 16.7. The Kier molecular flexibility index (Phi) is 5.56. The number of rotatable bonds is 4. The predicted octanol–water partition coefficient (Wildman–Crippen LogP) is 4.35. The van der Waals surface area contributed by atoms with Gasteiger partial charge in [0, 0.05) is 24.6 Å². The monoisotopic (exact) mass is 456 g/mol. The lowest BCUT2D eigenvalue weighted by Gasteiger charge is -2.25. The van der Waals surface area contributed by atoms with Crippen LogP contribution in [0.4, 0.5) is 0 Å². The highest BCUT2D eigenvalue weighted by molar-refractivity contribution is 6.46. The Hall–Kier alpha value is -3.16. The van der Waals surface area contributed by atoms with Gasteiger partial charge >= 0.3 is 0 Å². The molecule has 158 valence electrons. The van der Waals surface area contributed by atoms with Crippen molar-refractivity contribution < 1.29 is 14.7 Å². The minimum atomic E-state index is -0.858. The van der Waals surface area contributed by atoms with Gasteiger partial charge in [0.25, 0.3) is 11.7 Å². The van der Waals surface area contributed by atoms with E-state index in [9.17, 15) is 14.7 Å². The number of likely N-dealkylation sites (tertiary alicyclic amines) is 1. The summed E-state index contributed by atoms with van der Waals surface area (Å²) in [4.78, 5) is 31.6. The Morgan fingerprint density at radius 2 is 1.97 bits per heavy atom. The Morgan fingerprint density at radius 3 is 2.58 bits per heavy atom. The molecule has 9 heteroatoms. The maximum absolute atomic E-state index is 13.1. The number of aliphatic hydroxyl groups is 1. The fourth-order valence-electron chi connectivity index (χ4n) is 3.79. The van der Waals surface area contributed by atoms with Crippen molar-refractivity contribution in [1.82, 2.24) is 20.1 Å². The minimum Gasteiger partial charge on any atom is -0.507 e. The fraction of sp³-hybridized carbons (Fsp3) is 0.182. The van der Waals surface area contributed by atoms with Gasteiger partial charge in [-0.2, -0.15) is 5.10 Å². The highest BCUT2D eigenvalue weighted by Crippen LogP contribution is 2.42. The third-order valence-corrected chi connectivity index (χ3v) is 5.98. The molecule has 1 aliphatic heterocycles. The van der Waals surface area contributed by atoms with Gasteiger partial charge in [-0.25, -0.2) is 0 Å². The molecule has 1 fully saturated rings. The van der Waals surface area contributed by atoms with Crippen LogP contribution in [0.2, 0.25) is 10.0 Å². The van der Waals surface area contributed by atoms with Gasteiger partial charge in [-0.3, -0.25) is 19.7 Å². The Balaban J connectivity index is 1.92. The number of Topliss-reactive ketones (excluding diaryl/α,β-unsaturated/α-hetero) is 1. The number of hydrogen-bond donors (Lipinski definition) is 2. The lowest BCUT2D eigenvalue weighted by atomic mass is 9.94. The van der Waals surface area contributed by atoms with Crippen LogP contribution in [0.25, 0.3) is 5.76 Å². The van der Waals surface area contributed by atoms with Crippen LogP contribution in [0.1, 0.15) is 34.1 Å². The van der Waals surface area contributed by atoms with Gasteiger partial charge in [0.15, 0.2) is 0 Å². The number of carbonyl (C=O) groups is 2. The number of aromatic nitrogens is 3.